The zero-order valence-corrected chi connectivity index (χ0v) is 29.1. The number of amides is 2. The normalized spacial score (nSPS) is 25.0. The molecule has 2 amide bonds. The number of nitrogens with zero attached hydrogens (tertiary/aromatic N) is 4. The van der Waals surface area contributed by atoms with Crippen LogP contribution >= 0.6 is 15.6 Å². The van der Waals surface area contributed by atoms with E-state index in [1.807, 2.05) is 0 Å². The minimum absolute atomic E-state index is 0. The molecule has 0 radical (unpaired) electrons. The quantitative estimate of drug-likeness (QED) is 0.0639. The van der Waals surface area contributed by atoms with Crippen LogP contribution in [0.4, 0.5) is 8.78 Å². The number of aliphatic hydroxyl groups is 4. The zero-order valence-electron chi connectivity index (χ0n) is 27.3. The molecule has 2 aliphatic heterocycles. The van der Waals surface area contributed by atoms with Crippen molar-refractivity contribution >= 4 is 27.5 Å². The fraction of sp³-hybridized carbons (Fsp3) is 0.481. The summed E-state index contributed by atoms with van der Waals surface area (Å²) in [5.74, 6) is -5.12. The van der Waals surface area contributed by atoms with Crippen molar-refractivity contribution in [1.29, 1.82) is 0 Å². The first kappa shape index (κ1) is 47.2. The van der Waals surface area contributed by atoms with Crippen LogP contribution in [0.2, 0.25) is 0 Å². The molecule has 2 fully saturated rings. The van der Waals surface area contributed by atoms with Crippen LogP contribution in [-0.4, -0.2) is 124 Å². The molecule has 24 nitrogen and oxygen atoms in total. The fourth-order valence-electron chi connectivity index (χ4n) is 4.59. The number of hydrogen-bond donors (Lipinski definition) is 8. The van der Waals surface area contributed by atoms with Gasteiger partial charge in [-0.1, -0.05) is 19.6 Å². The fourth-order valence-corrected chi connectivity index (χ4v) is 6.06. The smallest absolute Gasteiger partial charge is 0.387 e. The Kier molecular flexibility index (Phi) is 16.9. The van der Waals surface area contributed by atoms with E-state index in [1.165, 1.54) is 12.2 Å². The van der Waals surface area contributed by atoms with E-state index in [1.54, 1.807) is 0 Å². The molecule has 55 heavy (non-hydrogen) atoms. The Morgan fingerprint density at radius 1 is 0.764 bits per heavy atom. The lowest BCUT2D eigenvalue weighted by molar-refractivity contribution is -0.0558. The summed E-state index contributed by atoms with van der Waals surface area (Å²) in [6.07, 6.45) is -9.20. The van der Waals surface area contributed by atoms with Crippen molar-refractivity contribution < 1.29 is 85.3 Å². The molecule has 0 aliphatic carbocycles. The van der Waals surface area contributed by atoms with Crippen molar-refractivity contribution in [2.24, 2.45) is 11.5 Å². The van der Waals surface area contributed by atoms with Crippen molar-refractivity contribution in [1.82, 2.24) is 19.1 Å². The van der Waals surface area contributed by atoms with E-state index in [9.17, 15) is 57.5 Å². The second-order valence-electron chi connectivity index (χ2n) is 10.8. The van der Waals surface area contributed by atoms with Gasteiger partial charge in [0.2, 0.25) is 11.9 Å². The largest absolute Gasteiger partial charge is 0.475 e. The first-order valence-corrected chi connectivity index (χ1v) is 17.8. The van der Waals surface area contributed by atoms with Crippen LogP contribution in [-0.2, 0) is 36.7 Å². The number of hydrogen-bond acceptors (Lipinski definition) is 18. The monoisotopic (exact) mass is 834 g/mol. The molecular weight excluding hydrogens is 796 g/mol. The second-order valence-corrected chi connectivity index (χ2v) is 13.7. The average Bonchev–Trinajstić information content (AvgIpc) is 3.55. The lowest BCUT2D eigenvalue weighted by Crippen LogP contribution is -2.38. The van der Waals surface area contributed by atoms with Gasteiger partial charge >= 0.3 is 15.6 Å². The van der Waals surface area contributed by atoms with E-state index >= 15 is 0 Å². The molecular formula is C27H38F2N6O18P2. The molecule has 4 heterocycles. The third-order valence-corrected chi connectivity index (χ3v) is 8.88. The first-order valence-electron chi connectivity index (χ1n) is 14.8. The summed E-state index contributed by atoms with van der Waals surface area (Å²) in [6, 6.07) is 0. The van der Waals surface area contributed by atoms with Crippen molar-refractivity contribution in [3.63, 3.8) is 0 Å². The molecule has 0 bridgehead atoms. The highest BCUT2D eigenvalue weighted by Gasteiger charge is 2.47. The molecule has 2 saturated heterocycles. The van der Waals surface area contributed by atoms with Crippen LogP contribution in [0, 0.1) is 11.9 Å². The van der Waals surface area contributed by atoms with Crippen LogP contribution < -0.4 is 22.6 Å². The Bertz CT molecular complexity index is 1910. The van der Waals surface area contributed by atoms with Gasteiger partial charge in [0.05, 0.1) is 38.8 Å². The van der Waals surface area contributed by atoms with E-state index in [-0.39, 0.29) is 20.6 Å². The Hall–Kier alpha value is -3.98. The number of rotatable bonds is 16. The van der Waals surface area contributed by atoms with Gasteiger partial charge in [-0.15, -0.1) is 13.2 Å². The van der Waals surface area contributed by atoms with Gasteiger partial charge in [-0.3, -0.25) is 46.4 Å². The topological polar surface area (TPSA) is 367 Å². The van der Waals surface area contributed by atoms with E-state index < -0.39 is 124 Å². The maximum atomic E-state index is 13.7. The van der Waals surface area contributed by atoms with Gasteiger partial charge in [-0.2, -0.15) is 8.78 Å². The molecule has 10 N–H and O–H groups in total. The number of phosphoric acid groups is 2. The van der Waals surface area contributed by atoms with Gasteiger partial charge < -0.3 is 51.2 Å². The molecule has 2 aromatic heterocycles. The number of aliphatic hydroxyl groups excluding tert-OH is 4. The molecule has 2 aliphatic rings. The maximum Gasteiger partial charge on any atom is 0.475 e. The van der Waals surface area contributed by atoms with Gasteiger partial charge in [0.25, 0.3) is 22.9 Å². The van der Waals surface area contributed by atoms with Gasteiger partial charge in [0.15, 0.2) is 23.8 Å². The number of phosphoric ester groups is 2. The van der Waals surface area contributed by atoms with E-state index in [0.29, 0.717) is 21.5 Å². The molecule has 0 aromatic carbocycles. The maximum absolute atomic E-state index is 13.7. The first-order chi connectivity index (χ1) is 25.1. The number of ether oxygens (including phenoxy) is 2. The SMILES string of the molecule is C.C=CCOP(=O)(OCC=C)OC[C@H]1O[C@@H](n2cc(F)nc(C(N)=O)c2=O)[C@H](O)[C@@H]1O.NC(=O)c1nc(F)cn([C@@H]2O[C@H](COP(=O)(O)O)[C@@H](O)[C@H]2O)c1=O. The van der Waals surface area contributed by atoms with E-state index in [0.717, 1.165) is 0 Å². The highest BCUT2D eigenvalue weighted by Crippen LogP contribution is 2.50. The van der Waals surface area contributed by atoms with Gasteiger partial charge in [-0.25, -0.2) is 19.1 Å². The van der Waals surface area contributed by atoms with Gasteiger partial charge in [-0.05, 0) is 0 Å². The summed E-state index contributed by atoms with van der Waals surface area (Å²) in [7, 11) is -8.96. The van der Waals surface area contributed by atoms with E-state index in [4.69, 9.17) is 44.3 Å². The van der Waals surface area contributed by atoms with Gasteiger partial charge in [0, 0.05) is 0 Å². The minimum atomic E-state index is -4.87. The second kappa shape index (κ2) is 19.7. The minimum Gasteiger partial charge on any atom is -0.387 e. The van der Waals surface area contributed by atoms with Crippen molar-refractivity contribution in [3.05, 3.63) is 81.7 Å². The highest BCUT2D eigenvalue weighted by atomic mass is 31.2. The van der Waals surface area contributed by atoms with Crippen LogP contribution in [0.15, 0.2) is 47.3 Å². The Morgan fingerprint density at radius 2 is 1.13 bits per heavy atom. The molecule has 308 valence electrons. The number of nitrogens with two attached hydrogens (primary N) is 2. The molecule has 0 spiro atoms. The summed E-state index contributed by atoms with van der Waals surface area (Å²) in [5, 5.41) is 40.1. The summed E-state index contributed by atoms with van der Waals surface area (Å²) in [6.45, 7) is 5.06. The number of carbonyl (C=O) groups excluding carboxylic acids is 2. The highest BCUT2D eigenvalue weighted by molar-refractivity contribution is 7.48. The van der Waals surface area contributed by atoms with Crippen LogP contribution in [0.25, 0.3) is 0 Å². The molecule has 28 heteroatoms. The summed E-state index contributed by atoms with van der Waals surface area (Å²) in [4.78, 5) is 70.0. The lowest BCUT2D eigenvalue weighted by Gasteiger charge is -2.20. The molecule has 4 rings (SSSR count). The van der Waals surface area contributed by atoms with Crippen LogP contribution in [0.3, 0.4) is 0 Å². The Balaban J connectivity index is 0.000000382. The zero-order chi connectivity index (χ0) is 40.7. The number of halogens is 2. The summed E-state index contributed by atoms with van der Waals surface area (Å²) >= 11 is 0. The molecule has 0 unspecified atom stereocenters. The van der Waals surface area contributed by atoms with Gasteiger partial charge in [0.1, 0.15) is 36.6 Å². The molecule has 0 saturated carbocycles. The lowest BCUT2D eigenvalue weighted by atomic mass is 10.1. The summed E-state index contributed by atoms with van der Waals surface area (Å²) in [5.41, 5.74) is 5.69. The summed E-state index contributed by atoms with van der Waals surface area (Å²) < 4.78 is 80.9. The Labute approximate surface area is 308 Å². The van der Waals surface area contributed by atoms with Crippen molar-refractivity contribution in [2.75, 3.05) is 26.4 Å². The van der Waals surface area contributed by atoms with Crippen molar-refractivity contribution in [3.8, 4) is 0 Å². The van der Waals surface area contributed by atoms with Crippen LogP contribution in [0.5, 0.6) is 0 Å². The third kappa shape index (κ3) is 12.0. The average molecular weight is 835 g/mol. The predicted octanol–water partition coefficient (Wildman–Crippen LogP) is -2.52. The molecule has 2 aromatic rings. The van der Waals surface area contributed by atoms with Crippen LogP contribution in [0.1, 0.15) is 40.9 Å². The third-order valence-electron chi connectivity index (χ3n) is 7.00. The van der Waals surface area contributed by atoms with Crippen molar-refractivity contribution in [2.45, 2.75) is 56.5 Å². The Morgan fingerprint density at radius 3 is 1.45 bits per heavy atom. The number of carbonyl (C=O) groups is 2. The number of primary amides is 2. The standard InChI is InChI=1S/C16H21FN3O9P.C10H13FN3O9P.CH4/c1-3-5-26-30(25,27-6-4-2)28-8-9-12(21)13(22)16(29-9)20-7-10(17)19-11(14(18)23)15(20)24;11-4-1-14(9(18)5(13-4)8(12)17)10-7(16)6(15)3(23-10)2-22-24(19,20)21;/h3-4,7,9,12-13,16,21-22H,1-2,5-6,8H2,(H2,18,23);1,3,6-7,10,15-16H,2H2,(H2,12,17)(H2,19,20,21);1H4/t9-,12-,13-,16-;3-,6-,7-,10-;/m11./s1. The number of aromatic nitrogens is 4. The predicted molar refractivity (Wildman–Crippen MR) is 176 cm³/mol. The molecule has 8 atom stereocenters. The van der Waals surface area contributed by atoms with E-state index in [2.05, 4.69) is 27.6 Å².